The lowest BCUT2D eigenvalue weighted by atomic mass is 9.91. The zero-order valence-electron chi connectivity index (χ0n) is 47.5. The fourth-order valence-corrected chi connectivity index (χ4v) is 13.3. The highest BCUT2D eigenvalue weighted by molar-refractivity contribution is 5.91. The maximum atomic E-state index is 14.4. The van der Waals surface area contributed by atoms with Crippen LogP contribution in [0.4, 0.5) is 23.0 Å². The van der Waals surface area contributed by atoms with Gasteiger partial charge in [0.1, 0.15) is 29.6 Å². The molecule has 5 aliphatic heterocycles. The number of nitrogen functional groups attached to an aromatic ring is 1. The fraction of sp³-hybridized carbons (Fsp3) is 0.525. The van der Waals surface area contributed by atoms with Gasteiger partial charge in [0.25, 0.3) is 0 Å². The zero-order valence-corrected chi connectivity index (χ0v) is 47.5. The maximum Gasteiger partial charge on any atom is 0.243 e. The van der Waals surface area contributed by atoms with Crippen LogP contribution in [0.3, 0.4) is 0 Å². The lowest BCUT2D eigenvalue weighted by Crippen LogP contribution is -2.54. The summed E-state index contributed by atoms with van der Waals surface area (Å²) >= 11 is 0. The third-order valence-corrected chi connectivity index (χ3v) is 18.0. The lowest BCUT2D eigenvalue weighted by Gasteiger charge is -2.43. The number of fused-ring (bicyclic) bond motifs is 2. The topological polar surface area (TPSA) is 233 Å². The number of likely N-dealkylation sites (tertiary alicyclic amines) is 2. The van der Waals surface area contributed by atoms with Crippen molar-refractivity contribution < 1.29 is 33.8 Å². The summed E-state index contributed by atoms with van der Waals surface area (Å²) in [5.74, 6) is 1.95. The second-order valence-electron chi connectivity index (χ2n) is 23.8. The van der Waals surface area contributed by atoms with Crippen molar-refractivity contribution in [2.45, 2.75) is 127 Å². The Morgan fingerprint density at radius 1 is 0.780 bits per heavy atom. The first-order chi connectivity index (χ1) is 39.8. The van der Waals surface area contributed by atoms with Crippen molar-refractivity contribution in [1.82, 2.24) is 49.9 Å². The number of aliphatic hydroxyl groups is 1. The molecule has 6 fully saturated rings. The number of nitrogens with zero attached hydrogens (tertiary/aromatic N) is 12. The fourth-order valence-electron chi connectivity index (χ4n) is 13.3. The van der Waals surface area contributed by atoms with Crippen molar-refractivity contribution in [2.24, 2.45) is 5.92 Å². The number of aryl methyl sites for hydroxylation is 1. The Labute approximate surface area is 479 Å². The standard InChI is InChI=1S/C61H78N14O7/c1-38(2)58(61(79)74-37-46(76)30-53(74)60(78)65-39(3)41-9-11-42(12-10-41)73-22-19-63-40(73)4)55-34-56(68-82-55)71-27-25-70(26-28-71)24-23-69-20-16-47(17-21-69)80-48-31-49(32-48)81-57-29-43(15-18-64-57)75-44-13-14-45(75)36-72(35-44)52-33-51(66-67-59(52)62)50-7-5-6-8-54(50)77/h5-12,15,18-19,22,29,33-34,38-39,44-49,53,58,76-77H,13-14,16-17,20-21,23-28,30-32,35-37H2,1-4H3,(H2,62,67)(H,65,78)/t39-,44+,45?,46+,48?,49?,53-,58+/m0/s1. The summed E-state index contributed by atoms with van der Waals surface area (Å²) < 4.78 is 21.0. The molecule has 0 radical (unpaired) electrons. The average molecular weight is 1120 g/mol. The van der Waals surface area contributed by atoms with E-state index in [1.807, 2.05) is 93.2 Å². The van der Waals surface area contributed by atoms with E-state index in [2.05, 4.69) is 67.3 Å². The molecule has 2 aromatic carbocycles. The molecule has 21 nitrogen and oxygen atoms in total. The molecule has 21 heteroatoms. The van der Waals surface area contributed by atoms with Gasteiger partial charge < -0.3 is 64.3 Å². The van der Waals surface area contributed by atoms with Gasteiger partial charge in [0.2, 0.25) is 17.7 Å². The van der Waals surface area contributed by atoms with Crippen LogP contribution >= 0.6 is 0 Å². The van der Waals surface area contributed by atoms with Gasteiger partial charge in [0.05, 0.1) is 35.7 Å². The van der Waals surface area contributed by atoms with Gasteiger partial charge in [-0.1, -0.05) is 43.3 Å². The summed E-state index contributed by atoms with van der Waals surface area (Å²) in [5.41, 5.74) is 11.5. The van der Waals surface area contributed by atoms with Gasteiger partial charge in [-0.25, -0.2) is 9.97 Å². The molecule has 434 valence electrons. The molecule has 6 aliphatic rings. The second-order valence-corrected chi connectivity index (χ2v) is 23.8. The van der Waals surface area contributed by atoms with Crippen molar-refractivity contribution in [1.29, 1.82) is 0 Å². The Hall–Kier alpha value is -7.33. The lowest BCUT2D eigenvalue weighted by molar-refractivity contribution is -0.141. The number of carbonyl (C=O) groups is 2. The third kappa shape index (κ3) is 11.8. The van der Waals surface area contributed by atoms with Crippen LogP contribution in [0.15, 0.2) is 95.9 Å². The molecule has 1 saturated carbocycles. The van der Waals surface area contributed by atoms with Gasteiger partial charge in [0.15, 0.2) is 17.4 Å². The predicted molar refractivity (Wildman–Crippen MR) is 311 cm³/mol. The molecule has 6 atom stereocenters. The number of imidazole rings is 1. The Morgan fingerprint density at radius 3 is 2.22 bits per heavy atom. The number of aromatic nitrogens is 6. The number of aromatic hydroxyl groups is 1. The molecule has 1 unspecified atom stereocenters. The highest BCUT2D eigenvalue weighted by atomic mass is 16.5. The minimum absolute atomic E-state index is 0.0777. The number of anilines is 4. The number of ether oxygens (including phenoxy) is 2. The maximum absolute atomic E-state index is 14.4. The minimum atomic E-state index is -0.809. The number of phenols is 1. The number of piperazine rings is 2. The van der Waals surface area contributed by atoms with E-state index in [9.17, 15) is 19.8 Å². The average Bonchev–Trinajstić information content (AvgIpc) is 3.82. The minimum Gasteiger partial charge on any atom is -0.507 e. The molecule has 4 aromatic heterocycles. The van der Waals surface area contributed by atoms with Crippen molar-refractivity contribution in [3.63, 3.8) is 0 Å². The third-order valence-electron chi connectivity index (χ3n) is 18.0. The van der Waals surface area contributed by atoms with Crippen LogP contribution in [-0.4, -0.2) is 181 Å². The Morgan fingerprint density at radius 2 is 1.51 bits per heavy atom. The molecule has 82 heavy (non-hydrogen) atoms. The van der Waals surface area contributed by atoms with E-state index in [1.54, 1.807) is 18.3 Å². The monoisotopic (exact) mass is 1120 g/mol. The van der Waals surface area contributed by atoms with Crippen molar-refractivity contribution in [2.75, 3.05) is 92.4 Å². The van der Waals surface area contributed by atoms with Crippen LogP contribution in [0.5, 0.6) is 11.6 Å². The normalized spacial score (nSPS) is 24.2. The molecular formula is C61H78N14O7. The van der Waals surface area contributed by atoms with E-state index in [4.69, 9.17) is 19.7 Å². The SMILES string of the molecule is Cc1nccn1-c1ccc([C@H](C)NC(=O)[C@@H]2C[C@@H](O)CN2C(=O)[C@@H](c2cc(N3CCN(CCN4CCC(OC5CC(Oc6cc(N7C8CC[C@@H]7CN(c7cc(-c9ccccc9O)nnc7N)C8)ccn6)C5)CC4)CC3)no2)C(C)C)cc1. The number of hydrogen-bond acceptors (Lipinski definition) is 18. The van der Waals surface area contributed by atoms with Crippen molar-refractivity contribution in [3.05, 3.63) is 109 Å². The van der Waals surface area contributed by atoms with Gasteiger partial charge in [-0.2, -0.15) is 0 Å². The van der Waals surface area contributed by atoms with E-state index >= 15 is 0 Å². The number of para-hydroxylation sites is 1. The van der Waals surface area contributed by atoms with Gasteiger partial charge in [-0.05, 0) is 87.4 Å². The predicted octanol–water partition coefficient (Wildman–Crippen LogP) is 5.96. The second kappa shape index (κ2) is 23.9. The number of hydrogen-bond donors (Lipinski definition) is 4. The molecule has 5 saturated heterocycles. The molecule has 2 bridgehead atoms. The van der Waals surface area contributed by atoms with E-state index in [1.165, 1.54) is 4.90 Å². The van der Waals surface area contributed by atoms with Crippen LogP contribution in [0.2, 0.25) is 0 Å². The summed E-state index contributed by atoms with van der Waals surface area (Å²) in [6, 6.07) is 22.6. The molecule has 0 spiro atoms. The first-order valence-electron chi connectivity index (χ1n) is 29.6. The number of β-amino-alcohol motifs (C(OH)–C–C–N with tert-alkyl or cyclic N) is 1. The summed E-state index contributed by atoms with van der Waals surface area (Å²) in [5, 5.41) is 37.4. The Kier molecular flexibility index (Phi) is 16.1. The van der Waals surface area contributed by atoms with Crippen LogP contribution < -0.4 is 30.5 Å². The Bertz CT molecular complexity index is 3160. The van der Waals surface area contributed by atoms with Crippen LogP contribution in [-0.2, 0) is 14.3 Å². The molecule has 9 heterocycles. The van der Waals surface area contributed by atoms with Crippen LogP contribution in [0.25, 0.3) is 16.9 Å². The molecular weight excluding hydrogens is 1040 g/mol. The largest absolute Gasteiger partial charge is 0.507 e. The van der Waals surface area contributed by atoms with E-state index in [0.717, 1.165) is 132 Å². The van der Waals surface area contributed by atoms with Crippen LogP contribution in [0.1, 0.15) is 94.8 Å². The number of aliphatic hydroxyl groups excluding tert-OH is 1. The summed E-state index contributed by atoms with van der Waals surface area (Å²) in [6.07, 6.45) is 11.4. The van der Waals surface area contributed by atoms with Crippen molar-refractivity contribution in [3.8, 4) is 28.6 Å². The number of piperidine rings is 1. The molecule has 1 aliphatic carbocycles. The van der Waals surface area contributed by atoms with Gasteiger partial charge in [0, 0.05) is 151 Å². The number of nitrogens with one attached hydrogen (secondary N) is 1. The quantitative estimate of drug-likeness (QED) is 0.0778. The smallest absolute Gasteiger partial charge is 0.243 e. The first kappa shape index (κ1) is 55.2. The van der Waals surface area contributed by atoms with E-state index in [-0.39, 0.29) is 60.8 Å². The first-order valence-corrected chi connectivity index (χ1v) is 29.6. The number of amides is 2. The summed E-state index contributed by atoms with van der Waals surface area (Å²) in [6.45, 7) is 17.0. The highest BCUT2D eigenvalue weighted by Gasteiger charge is 2.45. The highest BCUT2D eigenvalue weighted by Crippen LogP contribution is 2.41. The van der Waals surface area contributed by atoms with E-state index in [0.29, 0.717) is 46.6 Å². The molecule has 12 rings (SSSR count). The molecule has 5 N–H and O–H groups in total. The van der Waals surface area contributed by atoms with Crippen LogP contribution in [0, 0.1) is 12.8 Å². The zero-order chi connectivity index (χ0) is 56.6. The van der Waals surface area contributed by atoms with Gasteiger partial charge in [-0.3, -0.25) is 14.5 Å². The van der Waals surface area contributed by atoms with E-state index < -0.39 is 18.1 Å². The summed E-state index contributed by atoms with van der Waals surface area (Å²) in [7, 11) is 0. The number of benzene rings is 2. The molecule has 2 amide bonds. The van der Waals surface area contributed by atoms with Gasteiger partial charge in [-0.15, -0.1) is 10.2 Å². The Balaban J connectivity index is 0.553. The molecule has 6 aromatic rings. The number of pyridine rings is 1. The van der Waals surface area contributed by atoms with Gasteiger partial charge >= 0.3 is 0 Å². The number of rotatable bonds is 18. The summed E-state index contributed by atoms with van der Waals surface area (Å²) in [4.78, 5) is 50.8. The number of nitrogens with two attached hydrogens (primary N) is 1. The van der Waals surface area contributed by atoms with Crippen molar-refractivity contribution >= 4 is 34.8 Å². The number of carbonyl (C=O) groups excluding carboxylic acids is 2. The number of phenolic OH excluding ortho intramolecular Hbond substituents is 1.